The molecule has 28 heavy (non-hydrogen) atoms. The van der Waals surface area contributed by atoms with E-state index in [1.807, 2.05) is 0 Å². The van der Waals surface area contributed by atoms with Gasteiger partial charge in [-0.3, -0.25) is 0 Å². The first kappa shape index (κ1) is 21.1. The number of para-hydroxylation sites is 1. The highest BCUT2D eigenvalue weighted by Gasteiger charge is 2.25. The normalized spacial score (nSPS) is 12.0. The van der Waals surface area contributed by atoms with E-state index in [0.717, 1.165) is 0 Å². The van der Waals surface area contributed by atoms with Crippen molar-refractivity contribution in [2.24, 2.45) is 0 Å². The molecule has 0 radical (unpaired) electrons. The summed E-state index contributed by atoms with van der Waals surface area (Å²) in [5.41, 5.74) is -0.0792. The number of rotatable bonds is 7. The van der Waals surface area contributed by atoms with Crippen LogP contribution in [0.1, 0.15) is 26.3 Å². The fourth-order valence-corrected chi connectivity index (χ4v) is 2.41. The molecule has 0 aromatic heterocycles. The number of aliphatic carboxylic acids is 1. The van der Waals surface area contributed by atoms with Crippen LogP contribution in [0.4, 0.5) is 4.79 Å². The van der Waals surface area contributed by atoms with Gasteiger partial charge in [0.15, 0.2) is 0 Å². The lowest BCUT2D eigenvalue weighted by molar-refractivity contribution is -0.139. The van der Waals surface area contributed by atoms with Gasteiger partial charge in [-0.15, -0.1) is 0 Å². The Bertz CT molecular complexity index is 810. The first-order chi connectivity index (χ1) is 13.2. The molecule has 0 aliphatic rings. The van der Waals surface area contributed by atoms with Crippen LogP contribution in [0.25, 0.3) is 0 Å². The number of nitrogens with one attached hydrogen (secondary N) is 1. The third-order valence-electron chi connectivity index (χ3n) is 3.67. The van der Waals surface area contributed by atoms with Crippen molar-refractivity contribution in [3.05, 3.63) is 54.1 Å². The first-order valence-corrected chi connectivity index (χ1v) is 8.80. The predicted molar refractivity (Wildman–Crippen MR) is 104 cm³/mol. The Hall–Kier alpha value is -3.22. The summed E-state index contributed by atoms with van der Waals surface area (Å²) in [7, 11) is 1.58. The number of benzene rings is 2. The second kappa shape index (κ2) is 9.12. The number of hydrogen-bond donors (Lipinski definition) is 2. The highest BCUT2D eigenvalue weighted by molar-refractivity contribution is 5.80. The van der Waals surface area contributed by atoms with Crippen LogP contribution in [0, 0.1) is 0 Å². The van der Waals surface area contributed by atoms with Crippen LogP contribution in [-0.2, 0) is 16.0 Å². The number of hydrogen-bond acceptors (Lipinski definition) is 5. The molecule has 1 amide bonds. The molecule has 0 fully saturated rings. The SMILES string of the molecule is COc1ccc(Oc2ccccc2CC(NC(=O)OC(C)(C)C)C(=O)O)cc1. The Kier molecular flexibility index (Phi) is 6.87. The highest BCUT2D eigenvalue weighted by atomic mass is 16.6. The third-order valence-corrected chi connectivity index (χ3v) is 3.67. The Morgan fingerprint density at radius 3 is 2.21 bits per heavy atom. The van der Waals surface area contributed by atoms with Gasteiger partial charge in [0.2, 0.25) is 0 Å². The number of methoxy groups -OCH3 is 1. The minimum absolute atomic E-state index is 0.0426. The zero-order chi connectivity index (χ0) is 20.7. The molecule has 0 saturated carbocycles. The van der Waals surface area contributed by atoms with Crippen molar-refractivity contribution in [2.45, 2.75) is 38.8 Å². The van der Waals surface area contributed by atoms with Crippen molar-refractivity contribution in [1.29, 1.82) is 0 Å². The van der Waals surface area contributed by atoms with Crippen LogP contribution in [0.15, 0.2) is 48.5 Å². The van der Waals surface area contributed by atoms with Gasteiger partial charge in [-0.1, -0.05) is 18.2 Å². The minimum atomic E-state index is -1.16. The van der Waals surface area contributed by atoms with E-state index in [4.69, 9.17) is 14.2 Å². The van der Waals surface area contributed by atoms with E-state index in [9.17, 15) is 14.7 Å². The van der Waals surface area contributed by atoms with Crippen LogP contribution in [0.2, 0.25) is 0 Å². The zero-order valence-electron chi connectivity index (χ0n) is 16.4. The van der Waals surface area contributed by atoms with Crippen molar-refractivity contribution >= 4 is 12.1 Å². The molecular formula is C21H25NO6. The van der Waals surface area contributed by atoms with Crippen LogP contribution in [0.3, 0.4) is 0 Å². The van der Waals surface area contributed by atoms with E-state index in [0.29, 0.717) is 22.8 Å². The van der Waals surface area contributed by atoms with Crippen molar-refractivity contribution in [3.63, 3.8) is 0 Å². The molecule has 7 nitrogen and oxygen atoms in total. The number of carbonyl (C=O) groups excluding carboxylic acids is 1. The Morgan fingerprint density at radius 1 is 1.04 bits per heavy atom. The molecule has 0 aliphatic heterocycles. The lowest BCUT2D eigenvalue weighted by Gasteiger charge is -2.22. The van der Waals surface area contributed by atoms with Crippen LogP contribution in [-0.4, -0.2) is 35.9 Å². The minimum Gasteiger partial charge on any atom is -0.497 e. The second-order valence-electron chi connectivity index (χ2n) is 7.13. The smallest absolute Gasteiger partial charge is 0.408 e. The number of carboxylic acid groups (broad SMARTS) is 1. The number of carbonyl (C=O) groups is 2. The van der Waals surface area contributed by atoms with Gasteiger partial charge in [0.1, 0.15) is 28.9 Å². The van der Waals surface area contributed by atoms with Gasteiger partial charge in [0.25, 0.3) is 0 Å². The van der Waals surface area contributed by atoms with E-state index in [-0.39, 0.29) is 6.42 Å². The summed E-state index contributed by atoms with van der Waals surface area (Å²) in [6.45, 7) is 5.13. The van der Waals surface area contributed by atoms with Crippen LogP contribution >= 0.6 is 0 Å². The average Bonchev–Trinajstić information content (AvgIpc) is 2.61. The molecule has 2 N–H and O–H groups in total. The summed E-state index contributed by atoms with van der Waals surface area (Å²) >= 11 is 0. The van der Waals surface area contributed by atoms with Gasteiger partial charge < -0.3 is 24.6 Å². The van der Waals surface area contributed by atoms with E-state index < -0.39 is 23.7 Å². The van der Waals surface area contributed by atoms with Crippen molar-refractivity contribution < 1.29 is 28.9 Å². The van der Waals surface area contributed by atoms with Crippen molar-refractivity contribution in [3.8, 4) is 17.2 Å². The van der Waals surface area contributed by atoms with Gasteiger partial charge in [0, 0.05) is 6.42 Å². The van der Waals surface area contributed by atoms with Crippen molar-refractivity contribution in [2.75, 3.05) is 7.11 Å². The molecule has 1 atom stereocenters. The zero-order valence-corrected chi connectivity index (χ0v) is 16.4. The molecule has 0 aliphatic carbocycles. The Balaban J connectivity index is 2.14. The third kappa shape index (κ3) is 6.50. The molecule has 1 unspecified atom stereocenters. The number of amides is 1. The standard InChI is InChI=1S/C21H25NO6/c1-21(2,3)28-20(25)22-17(19(23)24)13-14-7-5-6-8-18(14)27-16-11-9-15(26-4)10-12-16/h5-12,17H,13H2,1-4H3,(H,22,25)(H,23,24). The maximum Gasteiger partial charge on any atom is 0.408 e. The summed E-state index contributed by atoms with van der Waals surface area (Å²) in [6.07, 6.45) is -0.741. The molecule has 0 heterocycles. The lowest BCUT2D eigenvalue weighted by Crippen LogP contribution is -2.44. The molecule has 0 spiro atoms. The first-order valence-electron chi connectivity index (χ1n) is 8.80. The van der Waals surface area contributed by atoms with Gasteiger partial charge in [0.05, 0.1) is 7.11 Å². The summed E-state index contributed by atoms with van der Waals surface area (Å²) in [5, 5.41) is 11.9. The molecule has 7 heteroatoms. The largest absolute Gasteiger partial charge is 0.497 e. The molecular weight excluding hydrogens is 362 g/mol. The van der Waals surface area contributed by atoms with E-state index in [1.54, 1.807) is 76.4 Å². The van der Waals surface area contributed by atoms with Crippen LogP contribution in [0.5, 0.6) is 17.2 Å². The van der Waals surface area contributed by atoms with Gasteiger partial charge in [-0.2, -0.15) is 0 Å². The summed E-state index contributed by atoms with van der Waals surface area (Å²) in [6, 6.07) is 13.0. The number of ether oxygens (including phenoxy) is 3. The average molecular weight is 387 g/mol. The van der Waals surface area contributed by atoms with Gasteiger partial charge in [-0.05, 0) is 56.7 Å². The monoisotopic (exact) mass is 387 g/mol. The van der Waals surface area contributed by atoms with E-state index in [2.05, 4.69) is 5.32 Å². The quantitative estimate of drug-likeness (QED) is 0.746. The molecule has 150 valence electrons. The highest BCUT2D eigenvalue weighted by Crippen LogP contribution is 2.27. The fourth-order valence-electron chi connectivity index (χ4n) is 2.41. The van der Waals surface area contributed by atoms with E-state index >= 15 is 0 Å². The Labute approximate surface area is 164 Å². The predicted octanol–water partition coefficient (Wildman–Crippen LogP) is 4.01. The van der Waals surface area contributed by atoms with Crippen LogP contribution < -0.4 is 14.8 Å². The van der Waals surface area contributed by atoms with Gasteiger partial charge >= 0.3 is 12.1 Å². The van der Waals surface area contributed by atoms with E-state index in [1.165, 1.54) is 0 Å². The Morgan fingerprint density at radius 2 is 1.64 bits per heavy atom. The molecule has 0 bridgehead atoms. The summed E-state index contributed by atoms with van der Waals surface area (Å²) in [4.78, 5) is 23.6. The molecule has 2 rings (SSSR count). The maximum absolute atomic E-state index is 12.0. The number of alkyl carbamates (subject to hydrolysis) is 1. The maximum atomic E-state index is 12.0. The van der Waals surface area contributed by atoms with Gasteiger partial charge in [-0.25, -0.2) is 9.59 Å². The number of carboxylic acids is 1. The lowest BCUT2D eigenvalue weighted by atomic mass is 10.0. The topological polar surface area (TPSA) is 94.1 Å². The van der Waals surface area contributed by atoms with Crippen molar-refractivity contribution in [1.82, 2.24) is 5.32 Å². The molecule has 0 saturated heterocycles. The molecule has 2 aromatic rings. The molecule has 2 aromatic carbocycles. The summed E-state index contributed by atoms with van der Waals surface area (Å²) in [5.74, 6) is 0.628. The summed E-state index contributed by atoms with van der Waals surface area (Å²) < 4.78 is 16.2. The fraction of sp³-hybridized carbons (Fsp3) is 0.333. The second-order valence-corrected chi connectivity index (χ2v) is 7.13.